The van der Waals surface area contributed by atoms with Gasteiger partial charge in [-0.25, -0.2) is 13.4 Å². The summed E-state index contributed by atoms with van der Waals surface area (Å²) in [7, 11) is -0.319. The van der Waals surface area contributed by atoms with Crippen LogP contribution in [0, 0.1) is 0 Å². The lowest BCUT2D eigenvalue weighted by atomic mass is 9.98. The monoisotopic (exact) mass is 659 g/mol. The fourth-order valence-corrected chi connectivity index (χ4v) is 6.76. The summed E-state index contributed by atoms with van der Waals surface area (Å²) in [6.07, 6.45) is 5.89. The van der Waals surface area contributed by atoms with Gasteiger partial charge in [-0.05, 0) is 55.0 Å². The Morgan fingerprint density at radius 2 is 1.89 bits per heavy atom. The normalized spacial score (nSPS) is 18.5. The zero-order chi connectivity index (χ0) is 32.1. The molecule has 0 radical (unpaired) electrons. The number of rotatable bonds is 11. The first-order chi connectivity index (χ1) is 21.6. The third kappa shape index (κ3) is 7.97. The second-order valence-corrected chi connectivity index (χ2v) is 14.0. The highest BCUT2D eigenvalue weighted by molar-refractivity contribution is 7.92. The second-order valence-electron chi connectivity index (χ2n) is 11.6. The van der Waals surface area contributed by atoms with Crippen molar-refractivity contribution in [3.63, 3.8) is 0 Å². The first kappa shape index (κ1) is 33.2. The highest BCUT2D eigenvalue weighted by atomic mass is 35.5. The first-order valence-electron chi connectivity index (χ1n) is 15.1. The number of piperazine rings is 1. The van der Waals surface area contributed by atoms with Gasteiger partial charge in [0.2, 0.25) is 16.0 Å². The standard InChI is InChI=1S/C31H42ClN7O5S/c1-37(45(3,42)43)28-10-5-4-9-26(28)34-30-25(32)18-33-31(36-30)35-27-12-11-21-17-22(7-6-8-24(21)29(27)44-2)39-15-13-38(14-16-39)19-23(41)20-40/h4-5,9-12,18,22-23,40-41H,6-8,13-17,19-20H2,1-3H3,(H2,33,34,35,36)/t22?,23-/m1/s1. The number of ether oxygens (including phenoxy) is 1. The lowest BCUT2D eigenvalue weighted by molar-refractivity contribution is 0.0301. The molecule has 2 atom stereocenters. The van der Waals surface area contributed by atoms with Crippen molar-refractivity contribution in [2.45, 2.75) is 37.8 Å². The zero-order valence-electron chi connectivity index (χ0n) is 25.9. The summed E-state index contributed by atoms with van der Waals surface area (Å²) in [5.41, 5.74) is 4.18. The molecule has 2 aromatic carbocycles. The third-order valence-corrected chi connectivity index (χ3v) is 10.0. The Labute approximate surface area is 270 Å². The molecule has 1 aromatic heterocycles. The number of sulfonamides is 1. The Hall–Kier alpha value is -3.20. The van der Waals surface area contributed by atoms with E-state index in [9.17, 15) is 18.6 Å². The van der Waals surface area contributed by atoms with Crippen LogP contribution >= 0.6 is 11.6 Å². The molecular weight excluding hydrogens is 618 g/mol. The van der Waals surface area contributed by atoms with Gasteiger partial charge in [0.05, 0.1) is 49.3 Å². The van der Waals surface area contributed by atoms with Crippen LogP contribution in [0.2, 0.25) is 5.02 Å². The molecule has 45 heavy (non-hydrogen) atoms. The van der Waals surface area contributed by atoms with Gasteiger partial charge < -0.3 is 25.6 Å². The van der Waals surface area contributed by atoms with Crippen LogP contribution in [0.3, 0.4) is 0 Å². The Morgan fingerprint density at radius 3 is 2.60 bits per heavy atom. The summed E-state index contributed by atoms with van der Waals surface area (Å²) in [6.45, 7) is 3.94. The van der Waals surface area contributed by atoms with Crippen LogP contribution in [-0.2, 0) is 22.9 Å². The van der Waals surface area contributed by atoms with E-state index >= 15 is 0 Å². The maximum absolute atomic E-state index is 12.2. The fourth-order valence-electron chi connectivity index (χ4n) is 6.11. The minimum Gasteiger partial charge on any atom is -0.494 e. The number of aliphatic hydroxyl groups is 2. The minimum atomic E-state index is -3.48. The highest BCUT2D eigenvalue weighted by Crippen LogP contribution is 2.38. The number of para-hydroxylation sites is 2. The Morgan fingerprint density at radius 1 is 1.13 bits per heavy atom. The number of hydrogen-bond donors (Lipinski definition) is 4. The smallest absolute Gasteiger partial charge is 0.232 e. The van der Waals surface area contributed by atoms with E-state index in [4.69, 9.17) is 16.3 Å². The predicted molar refractivity (Wildman–Crippen MR) is 178 cm³/mol. The Bertz CT molecular complexity index is 1590. The van der Waals surface area contributed by atoms with E-state index in [1.54, 1.807) is 31.4 Å². The lowest BCUT2D eigenvalue weighted by Crippen LogP contribution is -2.52. The second kappa shape index (κ2) is 14.5. The molecule has 0 spiro atoms. The molecule has 0 saturated carbocycles. The van der Waals surface area contributed by atoms with Gasteiger partial charge >= 0.3 is 0 Å². The third-order valence-electron chi connectivity index (χ3n) is 8.57. The van der Waals surface area contributed by atoms with Crippen molar-refractivity contribution in [2.75, 3.05) is 74.7 Å². The quantitative estimate of drug-likeness (QED) is 0.225. The minimum absolute atomic E-state index is 0.208. The van der Waals surface area contributed by atoms with Gasteiger partial charge in [-0.2, -0.15) is 4.98 Å². The Balaban J connectivity index is 1.32. The van der Waals surface area contributed by atoms with Gasteiger partial charge in [-0.3, -0.25) is 14.1 Å². The maximum atomic E-state index is 12.2. The summed E-state index contributed by atoms with van der Waals surface area (Å²) >= 11 is 6.46. The van der Waals surface area contributed by atoms with Gasteiger partial charge in [0, 0.05) is 45.8 Å². The molecule has 1 aliphatic heterocycles. The van der Waals surface area contributed by atoms with Crippen LogP contribution < -0.4 is 19.7 Å². The SMILES string of the molecule is COc1c(Nc2ncc(Cl)c(Nc3ccccc3N(C)S(C)(=O)=O)n2)ccc2c1CCCC(N1CCN(C[C@@H](O)CO)CC1)C2. The van der Waals surface area contributed by atoms with Gasteiger partial charge in [0.25, 0.3) is 0 Å². The van der Waals surface area contributed by atoms with E-state index in [1.165, 1.54) is 28.7 Å². The summed E-state index contributed by atoms with van der Waals surface area (Å²) < 4.78 is 31.5. The molecule has 244 valence electrons. The van der Waals surface area contributed by atoms with Crippen LogP contribution in [0.1, 0.15) is 24.0 Å². The largest absolute Gasteiger partial charge is 0.494 e. The van der Waals surface area contributed by atoms with Crippen molar-refractivity contribution < 1.29 is 23.4 Å². The number of β-amino-alcohol motifs (C(OH)–C–C–N with tert-alkyl or cyclic N) is 1. The van der Waals surface area contributed by atoms with Crippen molar-refractivity contribution in [1.29, 1.82) is 0 Å². The predicted octanol–water partition coefficient (Wildman–Crippen LogP) is 3.24. The number of aromatic nitrogens is 2. The number of hydrogen-bond acceptors (Lipinski definition) is 11. The van der Waals surface area contributed by atoms with E-state index in [1.807, 2.05) is 6.07 Å². The fraction of sp³-hybridized carbons (Fsp3) is 0.484. The topological polar surface area (TPSA) is 143 Å². The van der Waals surface area contributed by atoms with Gasteiger partial charge in [-0.1, -0.05) is 29.8 Å². The number of methoxy groups -OCH3 is 1. The first-order valence-corrected chi connectivity index (χ1v) is 17.3. The van der Waals surface area contributed by atoms with Crippen molar-refractivity contribution in [3.8, 4) is 5.75 Å². The van der Waals surface area contributed by atoms with E-state index in [2.05, 4.69) is 36.5 Å². The molecule has 0 bridgehead atoms. The number of nitrogens with zero attached hydrogens (tertiary/aromatic N) is 5. The molecular formula is C31H42ClN7O5S. The molecule has 2 aliphatic rings. The highest BCUT2D eigenvalue weighted by Gasteiger charge is 2.28. The van der Waals surface area contributed by atoms with E-state index in [0.717, 1.165) is 69.6 Å². The molecule has 1 fully saturated rings. The maximum Gasteiger partial charge on any atom is 0.232 e. The summed E-state index contributed by atoms with van der Waals surface area (Å²) in [5.74, 6) is 1.40. The number of anilines is 5. The summed E-state index contributed by atoms with van der Waals surface area (Å²) in [5, 5.41) is 25.7. The van der Waals surface area contributed by atoms with Crippen molar-refractivity contribution in [2.24, 2.45) is 0 Å². The molecule has 1 unspecified atom stereocenters. The molecule has 2 heterocycles. The van der Waals surface area contributed by atoms with E-state index < -0.39 is 16.1 Å². The Kier molecular flexibility index (Phi) is 10.7. The van der Waals surface area contributed by atoms with E-state index in [0.29, 0.717) is 35.7 Å². The van der Waals surface area contributed by atoms with Crippen LogP contribution in [0.25, 0.3) is 0 Å². The zero-order valence-corrected chi connectivity index (χ0v) is 27.5. The average Bonchev–Trinajstić information content (AvgIpc) is 3.25. The van der Waals surface area contributed by atoms with Crippen LogP contribution in [0.4, 0.5) is 28.8 Å². The molecule has 1 aliphatic carbocycles. The number of benzene rings is 2. The van der Waals surface area contributed by atoms with Gasteiger partial charge in [-0.15, -0.1) is 0 Å². The van der Waals surface area contributed by atoms with Crippen molar-refractivity contribution in [1.82, 2.24) is 19.8 Å². The molecule has 3 aromatic rings. The van der Waals surface area contributed by atoms with Crippen molar-refractivity contribution >= 4 is 50.5 Å². The van der Waals surface area contributed by atoms with Crippen LogP contribution in [0.15, 0.2) is 42.6 Å². The number of aliphatic hydroxyl groups excluding tert-OH is 2. The van der Waals surface area contributed by atoms with Crippen LogP contribution in [-0.4, -0.2) is 110 Å². The molecule has 1 saturated heterocycles. The molecule has 14 heteroatoms. The molecule has 4 N–H and O–H groups in total. The van der Waals surface area contributed by atoms with Gasteiger partial charge in [0.15, 0.2) is 5.82 Å². The molecule has 5 rings (SSSR count). The number of nitrogens with one attached hydrogen (secondary N) is 2. The lowest BCUT2D eigenvalue weighted by Gasteiger charge is -2.39. The van der Waals surface area contributed by atoms with E-state index in [-0.39, 0.29) is 11.6 Å². The summed E-state index contributed by atoms with van der Waals surface area (Å²) in [6, 6.07) is 11.6. The summed E-state index contributed by atoms with van der Waals surface area (Å²) in [4.78, 5) is 13.8. The van der Waals surface area contributed by atoms with Crippen LogP contribution in [0.5, 0.6) is 5.75 Å². The van der Waals surface area contributed by atoms with Crippen molar-refractivity contribution in [3.05, 3.63) is 58.7 Å². The molecule has 12 nitrogen and oxygen atoms in total. The number of halogens is 1. The average molecular weight is 660 g/mol. The number of fused-ring (bicyclic) bond motifs is 1. The molecule has 0 amide bonds. The van der Waals surface area contributed by atoms with Gasteiger partial charge in [0.1, 0.15) is 10.8 Å².